The molecule has 0 N–H and O–H groups in total. The van der Waals surface area contributed by atoms with Gasteiger partial charge in [-0.3, -0.25) is 4.99 Å². The fourth-order valence-electron chi connectivity index (χ4n) is 1.51. The van der Waals surface area contributed by atoms with Gasteiger partial charge in [-0.05, 0) is 31.1 Å². The molecule has 0 heterocycles. The van der Waals surface area contributed by atoms with Gasteiger partial charge in [-0.15, -0.1) is 0 Å². The van der Waals surface area contributed by atoms with Crippen molar-refractivity contribution in [2.24, 2.45) is 9.98 Å². The molecule has 0 atom stereocenters. The van der Waals surface area contributed by atoms with E-state index < -0.39 is 11.6 Å². The van der Waals surface area contributed by atoms with E-state index in [9.17, 15) is 8.78 Å². The zero-order valence-corrected chi connectivity index (χ0v) is 10.9. The molecular weight excluding hydrogens is 246 g/mol. The molecule has 100 valence electrons. The second kappa shape index (κ2) is 7.36. The van der Waals surface area contributed by atoms with E-state index in [1.807, 2.05) is 0 Å². The zero-order valence-electron chi connectivity index (χ0n) is 10.9. The Bertz CT molecular complexity index is 531. The van der Waals surface area contributed by atoms with Crippen molar-refractivity contribution in [2.45, 2.75) is 13.3 Å². The first-order valence-corrected chi connectivity index (χ1v) is 5.80. The maximum absolute atomic E-state index is 13.5. The van der Waals surface area contributed by atoms with Crippen molar-refractivity contribution >= 4 is 18.1 Å². The van der Waals surface area contributed by atoms with Gasteiger partial charge in [0.2, 0.25) is 0 Å². The van der Waals surface area contributed by atoms with Crippen LogP contribution in [0, 0.1) is 11.6 Å². The van der Waals surface area contributed by atoms with Crippen molar-refractivity contribution in [3.63, 3.8) is 0 Å². The van der Waals surface area contributed by atoms with Gasteiger partial charge < -0.3 is 0 Å². The lowest BCUT2D eigenvalue weighted by Crippen LogP contribution is -1.94. The average Bonchev–Trinajstić information content (AvgIpc) is 2.34. The Kier molecular flexibility index (Phi) is 5.79. The van der Waals surface area contributed by atoms with Crippen LogP contribution in [0.2, 0.25) is 0 Å². The summed E-state index contributed by atoms with van der Waals surface area (Å²) in [6.45, 7) is 9.83. The molecule has 0 fully saturated rings. The SMILES string of the molecule is C=C(CN=CN=CC)CC(=C)c1ccc(F)cc1F. The molecule has 4 heteroatoms. The van der Waals surface area contributed by atoms with Gasteiger partial charge in [-0.2, -0.15) is 0 Å². The Morgan fingerprint density at radius 3 is 2.68 bits per heavy atom. The van der Waals surface area contributed by atoms with Crippen LogP contribution >= 0.6 is 0 Å². The molecule has 0 bridgehead atoms. The maximum atomic E-state index is 13.5. The lowest BCUT2D eigenvalue weighted by molar-refractivity contribution is 0.580. The van der Waals surface area contributed by atoms with E-state index in [1.54, 1.807) is 13.1 Å². The molecule has 0 aliphatic rings. The second-order valence-corrected chi connectivity index (χ2v) is 4.02. The van der Waals surface area contributed by atoms with E-state index in [-0.39, 0.29) is 0 Å². The molecule has 1 rings (SSSR count). The third-order valence-electron chi connectivity index (χ3n) is 2.39. The Labute approximate surface area is 111 Å². The predicted molar refractivity (Wildman–Crippen MR) is 76.7 cm³/mol. The average molecular weight is 262 g/mol. The van der Waals surface area contributed by atoms with Gasteiger partial charge in [0, 0.05) is 17.8 Å². The Hall–Kier alpha value is -2.10. The Morgan fingerprint density at radius 2 is 2.05 bits per heavy atom. The van der Waals surface area contributed by atoms with Gasteiger partial charge in [0.25, 0.3) is 0 Å². The van der Waals surface area contributed by atoms with Crippen LogP contribution in [0.15, 0.2) is 46.9 Å². The lowest BCUT2D eigenvalue weighted by Gasteiger charge is -2.08. The fraction of sp³-hybridized carbons (Fsp3) is 0.200. The summed E-state index contributed by atoms with van der Waals surface area (Å²) < 4.78 is 26.3. The second-order valence-electron chi connectivity index (χ2n) is 4.02. The highest BCUT2D eigenvalue weighted by molar-refractivity contribution is 5.70. The van der Waals surface area contributed by atoms with Crippen LogP contribution in [0.1, 0.15) is 18.9 Å². The first-order valence-electron chi connectivity index (χ1n) is 5.80. The van der Waals surface area contributed by atoms with Crippen LogP contribution in [-0.2, 0) is 0 Å². The molecule has 0 saturated heterocycles. The zero-order chi connectivity index (χ0) is 14.3. The number of benzene rings is 1. The molecule has 0 aliphatic carbocycles. The van der Waals surface area contributed by atoms with Gasteiger partial charge in [0.1, 0.15) is 18.0 Å². The molecule has 19 heavy (non-hydrogen) atoms. The van der Waals surface area contributed by atoms with Gasteiger partial charge in [0.15, 0.2) is 0 Å². The number of aliphatic imine (C=N–C) groups is 2. The quantitative estimate of drug-likeness (QED) is 0.420. The van der Waals surface area contributed by atoms with Crippen molar-refractivity contribution in [3.05, 3.63) is 54.1 Å². The van der Waals surface area contributed by atoms with Crippen LogP contribution in [0.4, 0.5) is 8.78 Å². The summed E-state index contributed by atoms with van der Waals surface area (Å²) in [7, 11) is 0. The molecule has 2 nitrogen and oxygen atoms in total. The largest absolute Gasteiger partial charge is 0.269 e. The standard InChI is InChI=1S/C15H16F2N2/c1-4-18-10-19-9-11(2)7-12(3)14-6-5-13(16)8-15(14)17/h4-6,8,10H,2-3,7,9H2,1H3. The summed E-state index contributed by atoms with van der Waals surface area (Å²) in [6, 6.07) is 3.43. The predicted octanol–water partition coefficient (Wildman–Crippen LogP) is 4.04. The monoisotopic (exact) mass is 262 g/mol. The van der Waals surface area contributed by atoms with Gasteiger partial charge >= 0.3 is 0 Å². The van der Waals surface area contributed by atoms with Crippen molar-refractivity contribution in [3.8, 4) is 0 Å². The summed E-state index contributed by atoms with van der Waals surface area (Å²) in [4.78, 5) is 7.85. The lowest BCUT2D eigenvalue weighted by atomic mass is 10.00. The highest BCUT2D eigenvalue weighted by Gasteiger charge is 2.08. The molecule has 0 amide bonds. The minimum Gasteiger partial charge on any atom is -0.269 e. The first kappa shape index (κ1) is 15.0. The smallest absolute Gasteiger partial charge is 0.133 e. The van der Waals surface area contributed by atoms with Crippen molar-refractivity contribution in [2.75, 3.05) is 6.54 Å². The van der Waals surface area contributed by atoms with Crippen LogP contribution in [0.5, 0.6) is 0 Å². The molecule has 0 saturated carbocycles. The van der Waals surface area contributed by atoms with E-state index in [4.69, 9.17) is 0 Å². The molecule has 0 radical (unpaired) electrons. The minimum atomic E-state index is -0.614. The third kappa shape index (κ3) is 4.95. The van der Waals surface area contributed by atoms with E-state index in [0.717, 1.165) is 11.6 Å². The first-order chi connectivity index (χ1) is 9.04. The number of rotatable bonds is 6. The number of allylic oxidation sites excluding steroid dienone is 1. The van der Waals surface area contributed by atoms with Gasteiger partial charge in [-0.1, -0.05) is 18.7 Å². The highest BCUT2D eigenvalue weighted by atomic mass is 19.1. The number of nitrogens with zero attached hydrogens (tertiary/aromatic N) is 2. The number of hydrogen-bond acceptors (Lipinski definition) is 1. The Balaban J connectivity index is 2.62. The molecular formula is C15H16F2N2. The number of halogens is 2. The summed E-state index contributed by atoms with van der Waals surface area (Å²) >= 11 is 0. The number of hydrogen-bond donors (Lipinski definition) is 0. The van der Waals surface area contributed by atoms with Crippen molar-refractivity contribution in [1.29, 1.82) is 0 Å². The van der Waals surface area contributed by atoms with Crippen LogP contribution in [-0.4, -0.2) is 19.1 Å². The van der Waals surface area contributed by atoms with E-state index in [0.29, 0.717) is 24.1 Å². The normalized spacial score (nSPS) is 11.3. The van der Waals surface area contributed by atoms with Crippen molar-refractivity contribution in [1.82, 2.24) is 0 Å². The summed E-state index contributed by atoms with van der Waals surface area (Å²) in [5.41, 5.74) is 1.64. The molecule has 0 aliphatic heterocycles. The van der Waals surface area contributed by atoms with E-state index >= 15 is 0 Å². The van der Waals surface area contributed by atoms with E-state index in [2.05, 4.69) is 23.1 Å². The van der Waals surface area contributed by atoms with Crippen LogP contribution in [0.3, 0.4) is 0 Å². The van der Waals surface area contributed by atoms with Crippen LogP contribution < -0.4 is 0 Å². The molecule has 0 spiro atoms. The topological polar surface area (TPSA) is 24.7 Å². The molecule has 0 aromatic heterocycles. The van der Waals surface area contributed by atoms with Gasteiger partial charge in [-0.25, -0.2) is 13.8 Å². The molecule has 1 aromatic carbocycles. The summed E-state index contributed by atoms with van der Waals surface area (Å²) in [5.74, 6) is -1.22. The summed E-state index contributed by atoms with van der Waals surface area (Å²) in [6.07, 6.45) is 3.47. The summed E-state index contributed by atoms with van der Waals surface area (Å²) in [5, 5.41) is 0. The molecule has 1 aromatic rings. The third-order valence-corrected chi connectivity index (χ3v) is 2.39. The maximum Gasteiger partial charge on any atom is 0.133 e. The Morgan fingerprint density at radius 1 is 1.32 bits per heavy atom. The van der Waals surface area contributed by atoms with E-state index in [1.165, 1.54) is 18.5 Å². The highest BCUT2D eigenvalue weighted by Crippen LogP contribution is 2.23. The van der Waals surface area contributed by atoms with Gasteiger partial charge in [0.05, 0.1) is 6.54 Å². The molecule has 0 unspecified atom stereocenters. The minimum absolute atomic E-state index is 0.304. The van der Waals surface area contributed by atoms with Crippen molar-refractivity contribution < 1.29 is 8.78 Å². The van der Waals surface area contributed by atoms with Crippen LogP contribution in [0.25, 0.3) is 5.57 Å². The fourth-order valence-corrected chi connectivity index (χ4v) is 1.51.